The third-order valence-corrected chi connectivity index (χ3v) is 6.64. The van der Waals surface area contributed by atoms with Gasteiger partial charge in [-0.1, -0.05) is 19.9 Å². The summed E-state index contributed by atoms with van der Waals surface area (Å²) in [6, 6.07) is 9.26. The first kappa shape index (κ1) is 25.2. The highest BCUT2D eigenvalue weighted by atomic mass is 32.2. The minimum absolute atomic E-state index is 0.0438. The molecule has 8 nitrogen and oxygen atoms in total. The van der Waals surface area contributed by atoms with Crippen LogP contribution in [0.3, 0.4) is 0 Å². The van der Waals surface area contributed by atoms with Gasteiger partial charge in [-0.15, -0.1) is 0 Å². The SMILES string of the molecule is CCN(CC)S(=O)(=O)c1cc(NC(=O)COC(=O)c2ccc(OC(F)F)cc2)ccc1C. The molecule has 0 unspecified atom stereocenters. The maximum Gasteiger partial charge on any atom is 0.387 e. The number of halogens is 2. The van der Waals surface area contributed by atoms with Crippen molar-refractivity contribution >= 4 is 27.6 Å². The van der Waals surface area contributed by atoms with E-state index in [2.05, 4.69) is 10.1 Å². The van der Waals surface area contributed by atoms with Crippen LogP contribution < -0.4 is 10.1 Å². The highest BCUT2D eigenvalue weighted by molar-refractivity contribution is 7.89. The van der Waals surface area contributed by atoms with E-state index in [1.165, 1.54) is 40.7 Å². The molecular weight excluding hydrogens is 446 g/mol. The van der Waals surface area contributed by atoms with E-state index in [4.69, 9.17) is 4.74 Å². The molecule has 2 aromatic rings. The second-order valence-electron chi connectivity index (χ2n) is 6.60. The molecule has 0 radical (unpaired) electrons. The molecule has 2 rings (SSSR count). The van der Waals surface area contributed by atoms with Crippen LogP contribution in [0.2, 0.25) is 0 Å². The molecule has 174 valence electrons. The van der Waals surface area contributed by atoms with Crippen molar-refractivity contribution in [2.24, 2.45) is 0 Å². The fourth-order valence-electron chi connectivity index (χ4n) is 2.84. The number of aryl methyl sites for hydroxylation is 1. The number of benzene rings is 2. The van der Waals surface area contributed by atoms with Gasteiger partial charge in [-0.2, -0.15) is 13.1 Å². The summed E-state index contributed by atoms with van der Waals surface area (Å²) in [7, 11) is -3.72. The first-order valence-electron chi connectivity index (χ1n) is 9.71. The summed E-state index contributed by atoms with van der Waals surface area (Å²) in [5.74, 6) is -1.63. The minimum Gasteiger partial charge on any atom is -0.452 e. The number of esters is 1. The second-order valence-corrected chi connectivity index (χ2v) is 8.50. The molecule has 0 fully saturated rings. The zero-order valence-corrected chi connectivity index (χ0v) is 18.6. The van der Waals surface area contributed by atoms with Crippen LogP contribution in [-0.2, 0) is 19.6 Å². The molecule has 1 amide bonds. The van der Waals surface area contributed by atoms with E-state index in [0.29, 0.717) is 18.7 Å². The molecule has 1 N–H and O–H groups in total. The number of rotatable bonds is 10. The van der Waals surface area contributed by atoms with Crippen LogP contribution in [0.25, 0.3) is 0 Å². The Morgan fingerprint density at radius 2 is 1.69 bits per heavy atom. The maximum absolute atomic E-state index is 12.8. The zero-order valence-electron chi connectivity index (χ0n) is 17.8. The maximum atomic E-state index is 12.8. The number of ether oxygens (including phenoxy) is 2. The number of carbonyl (C=O) groups is 2. The van der Waals surface area contributed by atoms with E-state index in [9.17, 15) is 26.8 Å². The highest BCUT2D eigenvalue weighted by Gasteiger charge is 2.24. The summed E-state index contributed by atoms with van der Waals surface area (Å²) in [5, 5.41) is 2.49. The Morgan fingerprint density at radius 1 is 1.06 bits per heavy atom. The van der Waals surface area contributed by atoms with E-state index in [1.807, 2.05) is 0 Å². The normalized spacial score (nSPS) is 11.5. The predicted octanol–water partition coefficient (Wildman–Crippen LogP) is 3.42. The van der Waals surface area contributed by atoms with Gasteiger partial charge in [-0.25, -0.2) is 13.2 Å². The number of amides is 1. The molecule has 0 aliphatic heterocycles. The fraction of sp³-hybridized carbons (Fsp3) is 0.333. The lowest BCUT2D eigenvalue weighted by atomic mass is 10.2. The summed E-state index contributed by atoms with van der Waals surface area (Å²) < 4.78 is 60.3. The van der Waals surface area contributed by atoms with E-state index < -0.39 is 35.1 Å². The van der Waals surface area contributed by atoms with Gasteiger partial charge in [0.1, 0.15) is 5.75 Å². The molecule has 0 saturated carbocycles. The number of hydrogen-bond acceptors (Lipinski definition) is 6. The van der Waals surface area contributed by atoms with E-state index in [0.717, 1.165) is 0 Å². The van der Waals surface area contributed by atoms with Gasteiger partial charge in [0.25, 0.3) is 5.91 Å². The van der Waals surface area contributed by atoms with Crippen molar-refractivity contribution in [2.45, 2.75) is 32.3 Å². The molecule has 0 aliphatic rings. The standard InChI is InChI=1S/C21H24F2N2O6S/c1-4-25(5-2)32(28,29)18-12-16(9-6-14(18)3)24-19(26)13-30-20(27)15-7-10-17(11-8-15)31-21(22)23/h6-12,21H,4-5,13H2,1-3H3,(H,24,26). The highest BCUT2D eigenvalue weighted by Crippen LogP contribution is 2.23. The first-order chi connectivity index (χ1) is 15.1. The third kappa shape index (κ3) is 6.47. The first-order valence-corrected chi connectivity index (χ1v) is 11.1. The van der Waals surface area contributed by atoms with Gasteiger partial charge < -0.3 is 14.8 Å². The Hall–Kier alpha value is -3.05. The quantitative estimate of drug-likeness (QED) is 0.534. The topological polar surface area (TPSA) is 102 Å². The summed E-state index contributed by atoms with van der Waals surface area (Å²) in [6.45, 7) is 2.12. The van der Waals surface area contributed by atoms with Crippen molar-refractivity contribution < 1.29 is 36.3 Å². The largest absolute Gasteiger partial charge is 0.452 e. The minimum atomic E-state index is -3.72. The van der Waals surface area contributed by atoms with Crippen molar-refractivity contribution in [2.75, 3.05) is 25.0 Å². The van der Waals surface area contributed by atoms with Gasteiger partial charge in [-0.05, 0) is 48.9 Å². The Labute approximate surface area is 185 Å². The Balaban J connectivity index is 2.02. The predicted molar refractivity (Wildman–Crippen MR) is 113 cm³/mol. The summed E-state index contributed by atoms with van der Waals surface area (Å²) in [4.78, 5) is 24.3. The molecule has 0 heterocycles. The molecule has 0 bridgehead atoms. The third-order valence-electron chi connectivity index (χ3n) is 4.44. The molecule has 0 aliphatic carbocycles. The number of nitrogens with zero attached hydrogens (tertiary/aromatic N) is 1. The van der Waals surface area contributed by atoms with Gasteiger partial charge >= 0.3 is 12.6 Å². The zero-order chi connectivity index (χ0) is 23.9. The lowest BCUT2D eigenvalue weighted by molar-refractivity contribution is -0.119. The number of carbonyl (C=O) groups excluding carboxylic acids is 2. The smallest absolute Gasteiger partial charge is 0.387 e. The Bertz CT molecular complexity index is 1050. The van der Waals surface area contributed by atoms with Crippen LogP contribution >= 0.6 is 0 Å². The number of hydrogen-bond donors (Lipinski definition) is 1. The van der Waals surface area contributed by atoms with Gasteiger partial charge in [-0.3, -0.25) is 4.79 Å². The summed E-state index contributed by atoms with van der Waals surface area (Å²) in [5.41, 5.74) is 0.804. The number of sulfonamides is 1. The van der Waals surface area contributed by atoms with Crippen LogP contribution in [0.4, 0.5) is 14.5 Å². The fourth-order valence-corrected chi connectivity index (χ4v) is 4.55. The van der Waals surface area contributed by atoms with E-state index >= 15 is 0 Å². The molecule has 0 aromatic heterocycles. The van der Waals surface area contributed by atoms with Gasteiger partial charge in [0, 0.05) is 18.8 Å². The summed E-state index contributed by atoms with van der Waals surface area (Å²) in [6.07, 6.45) is 0. The Kier molecular flexibility index (Phi) is 8.67. The second kappa shape index (κ2) is 11.0. The van der Waals surface area contributed by atoms with Crippen LogP contribution in [0, 0.1) is 6.92 Å². The van der Waals surface area contributed by atoms with E-state index in [1.54, 1.807) is 26.8 Å². The molecule has 0 saturated heterocycles. The van der Waals surface area contributed by atoms with Crippen LogP contribution in [0.1, 0.15) is 29.8 Å². The van der Waals surface area contributed by atoms with Crippen molar-refractivity contribution in [3.63, 3.8) is 0 Å². The van der Waals surface area contributed by atoms with Crippen molar-refractivity contribution in [3.8, 4) is 5.75 Å². The van der Waals surface area contributed by atoms with Gasteiger partial charge in [0.2, 0.25) is 10.0 Å². The summed E-state index contributed by atoms with van der Waals surface area (Å²) >= 11 is 0. The average Bonchev–Trinajstić information content (AvgIpc) is 2.74. The van der Waals surface area contributed by atoms with Crippen LogP contribution in [-0.4, -0.2) is 50.9 Å². The molecular formula is C21H24F2N2O6S. The Morgan fingerprint density at radius 3 is 2.25 bits per heavy atom. The monoisotopic (exact) mass is 470 g/mol. The van der Waals surface area contributed by atoms with Gasteiger partial charge in [0.15, 0.2) is 6.61 Å². The average molecular weight is 470 g/mol. The van der Waals surface area contributed by atoms with Crippen LogP contribution in [0.15, 0.2) is 47.4 Å². The van der Waals surface area contributed by atoms with Crippen LogP contribution in [0.5, 0.6) is 5.75 Å². The molecule has 32 heavy (non-hydrogen) atoms. The van der Waals surface area contributed by atoms with Crippen molar-refractivity contribution in [1.29, 1.82) is 0 Å². The molecule has 0 spiro atoms. The van der Waals surface area contributed by atoms with E-state index in [-0.39, 0.29) is 21.9 Å². The molecule has 11 heteroatoms. The molecule has 2 aromatic carbocycles. The number of nitrogens with one attached hydrogen (secondary N) is 1. The van der Waals surface area contributed by atoms with Gasteiger partial charge in [0.05, 0.1) is 10.5 Å². The lowest BCUT2D eigenvalue weighted by Gasteiger charge is -2.20. The lowest BCUT2D eigenvalue weighted by Crippen LogP contribution is -2.31. The van der Waals surface area contributed by atoms with Crippen molar-refractivity contribution in [1.82, 2.24) is 4.31 Å². The number of alkyl halides is 2. The van der Waals surface area contributed by atoms with Crippen molar-refractivity contribution in [3.05, 3.63) is 53.6 Å². The number of anilines is 1. The molecule has 0 atom stereocenters.